The summed E-state index contributed by atoms with van der Waals surface area (Å²) in [7, 11) is 0. The van der Waals surface area contributed by atoms with Crippen LogP contribution in [0.15, 0.2) is 0 Å². The van der Waals surface area contributed by atoms with Crippen molar-refractivity contribution in [3.05, 3.63) is 11.4 Å². The monoisotopic (exact) mass is 237 g/mol. The third kappa shape index (κ3) is 3.26. The summed E-state index contributed by atoms with van der Waals surface area (Å²) in [5.74, 6) is 0. The topological polar surface area (TPSA) is 60.0 Å². The van der Waals surface area contributed by atoms with E-state index in [4.69, 9.17) is 5.73 Å². The fourth-order valence-corrected chi connectivity index (χ4v) is 2.35. The molecule has 1 aromatic heterocycles. The smallest absolute Gasteiger partial charge is 0.0856 e. The molecule has 0 unspecified atom stereocenters. The zero-order valence-corrected chi connectivity index (χ0v) is 10.7. The van der Waals surface area contributed by atoms with Gasteiger partial charge in [0.1, 0.15) is 0 Å². The summed E-state index contributed by atoms with van der Waals surface area (Å²) in [6.07, 6.45) is 4.63. The lowest BCUT2D eigenvalue weighted by Crippen LogP contribution is -2.24. The Bertz CT molecular complexity index is 341. The molecule has 5 nitrogen and oxygen atoms in total. The SMILES string of the molecule is Cc1c(CCCN)nnn1CCN1CCCC1. The molecule has 17 heavy (non-hydrogen) atoms. The number of hydrogen-bond donors (Lipinski definition) is 1. The molecule has 2 N–H and O–H groups in total. The van der Waals surface area contributed by atoms with Crippen molar-refractivity contribution in [3.63, 3.8) is 0 Å². The first-order chi connectivity index (χ1) is 8.31. The standard InChI is InChI=1S/C12H23N5/c1-11-12(5-4-6-13)14-15-17(11)10-9-16-7-2-3-8-16/h2-10,13H2,1H3. The fraction of sp³-hybridized carbons (Fsp3) is 0.833. The van der Waals surface area contributed by atoms with E-state index in [1.165, 1.54) is 31.6 Å². The molecule has 2 heterocycles. The van der Waals surface area contributed by atoms with Gasteiger partial charge in [-0.25, -0.2) is 4.68 Å². The maximum absolute atomic E-state index is 5.51. The third-order valence-corrected chi connectivity index (χ3v) is 3.52. The Morgan fingerprint density at radius 2 is 2.00 bits per heavy atom. The molecule has 0 atom stereocenters. The van der Waals surface area contributed by atoms with Crippen molar-refractivity contribution in [2.45, 2.75) is 39.2 Å². The van der Waals surface area contributed by atoms with E-state index in [0.29, 0.717) is 0 Å². The molecule has 1 aliphatic rings. The van der Waals surface area contributed by atoms with Crippen LogP contribution in [-0.2, 0) is 13.0 Å². The average molecular weight is 237 g/mol. The summed E-state index contributed by atoms with van der Waals surface area (Å²) in [4.78, 5) is 2.50. The van der Waals surface area contributed by atoms with E-state index >= 15 is 0 Å². The van der Waals surface area contributed by atoms with Gasteiger partial charge in [0.2, 0.25) is 0 Å². The number of nitrogens with two attached hydrogens (primary N) is 1. The predicted molar refractivity (Wildman–Crippen MR) is 67.8 cm³/mol. The second kappa shape index (κ2) is 6.12. The number of hydrogen-bond acceptors (Lipinski definition) is 4. The number of aromatic nitrogens is 3. The quantitative estimate of drug-likeness (QED) is 0.786. The molecule has 1 saturated heterocycles. The fourth-order valence-electron chi connectivity index (χ4n) is 2.35. The van der Waals surface area contributed by atoms with E-state index < -0.39 is 0 Å². The van der Waals surface area contributed by atoms with Crippen molar-refractivity contribution in [1.29, 1.82) is 0 Å². The molecule has 1 fully saturated rings. The number of nitrogens with zero attached hydrogens (tertiary/aromatic N) is 4. The van der Waals surface area contributed by atoms with Crippen molar-refractivity contribution in [2.75, 3.05) is 26.2 Å². The molecule has 0 aliphatic carbocycles. The summed E-state index contributed by atoms with van der Waals surface area (Å²) in [5, 5.41) is 8.47. The summed E-state index contributed by atoms with van der Waals surface area (Å²) in [6, 6.07) is 0. The van der Waals surface area contributed by atoms with E-state index in [2.05, 4.69) is 22.1 Å². The van der Waals surface area contributed by atoms with Crippen LogP contribution in [0.3, 0.4) is 0 Å². The van der Waals surface area contributed by atoms with Crippen LogP contribution in [0.5, 0.6) is 0 Å². The van der Waals surface area contributed by atoms with Crippen LogP contribution < -0.4 is 5.73 Å². The van der Waals surface area contributed by atoms with E-state index in [0.717, 1.165) is 38.2 Å². The van der Waals surface area contributed by atoms with Crippen LogP contribution in [0.25, 0.3) is 0 Å². The van der Waals surface area contributed by atoms with Crippen molar-refractivity contribution in [1.82, 2.24) is 19.9 Å². The number of rotatable bonds is 6. The average Bonchev–Trinajstić information content (AvgIpc) is 2.95. The Labute approximate surface area is 103 Å². The molecule has 0 saturated carbocycles. The largest absolute Gasteiger partial charge is 0.330 e. The number of aryl methyl sites for hydroxylation is 1. The summed E-state index contributed by atoms with van der Waals surface area (Å²) >= 11 is 0. The van der Waals surface area contributed by atoms with Crippen LogP contribution in [0.2, 0.25) is 0 Å². The maximum Gasteiger partial charge on any atom is 0.0856 e. The first-order valence-corrected chi connectivity index (χ1v) is 6.62. The van der Waals surface area contributed by atoms with E-state index in [-0.39, 0.29) is 0 Å². The Kier molecular flexibility index (Phi) is 4.50. The zero-order chi connectivity index (χ0) is 12.1. The van der Waals surface area contributed by atoms with Gasteiger partial charge in [0.25, 0.3) is 0 Å². The lowest BCUT2D eigenvalue weighted by atomic mass is 10.2. The van der Waals surface area contributed by atoms with Gasteiger partial charge in [0.15, 0.2) is 0 Å². The first-order valence-electron chi connectivity index (χ1n) is 6.62. The molecule has 0 amide bonds. The normalized spacial score (nSPS) is 16.8. The van der Waals surface area contributed by atoms with Gasteiger partial charge in [-0.05, 0) is 52.2 Å². The van der Waals surface area contributed by atoms with Gasteiger partial charge in [-0.2, -0.15) is 0 Å². The van der Waals surface area contributed by atoms with Crippen LogP contribution in [0.4, 0.5) is 0 Å². The van der Waals surface area contributed by atoms with Crippen molar-refractivity contribution >= 4 is 0 Å². The molecule has 1 aliphatic heterocycles. The predicted octanol–water partition coefficient (Wildman–Crippen LogP) is 0.574. The highest BCUT2D eigenvalue weighted by molar-refractivity contribution is 5.07. The molecule has 0 bridgehead atoms. The van der Waals surface area contributed by atoms with Gasteiger partial charge < -0.3 is 10.6 Å². The summed E-state index contributed by atoms with van der Waals surface area (Å²) < 4.78 is 2.03. The second-order valence-electron chi connectivity index (χ2n) is 4.79. The van der Waals surface area contributed by atoms with Crippen molar-refractivity contribution < 1.29 is 0 Å². The first kappa shape index (κ1) is 12.5. The molecule has 5 heteroatoms. The van der Waals surface area contributed by atoms with E-state index in [9.17, 15) is 0 Å². The Morgan fingerprint density at radius 1 is 1.24 bits per heavy atom. The van der Waals surface area contributed by atoms with Gasteiger partial charge in [-0.15, -0.1) is 5.10 Å². The molecule has 96 valence electrons. The highest BCUT2D eigenvalue weighted by atomic mass is 15.4. The minimum absolute atomic E-state index is 0.722. The van der Waals surface area contributed by atoms with Gasteiger partial charge in [0, 0.05) is 6.54 Å². The maximum atomic E-state index is 5.51. The molecular weight excluding hydrogens is 214 g/mol. The Balaban J connectivity index is 1.85. The Hall–Kier alpha value is -0.940. The van der Waals surface area contributed by atoms with Crippen LogP contribution in [-0.4, -0.2) is 46.1 Å². The minimum atomic E-state index is 0.722. The van der Waals surface area contributed by atoms with Gasteiger partial charge in [-0.1, -0.05) is 5.21 Å². The van der Waals surface area contributed by atoms with Gasteiger partial charge >= 0.3 is 0 Å². The summed E-state index contributed by atoms with van der Waals surface area (Å²) in [5.41, 5.74) is 7.83. The van der Waals surface area contributed by atoms with Crippen molar-refractivity contribution in [2.24, 2.45) is 5.73 Å². The minimum Gasteiger partial charge on any atom is -0.330 e. The highest BCUT2D eigenvalue weighted by Gasteiger charge is 2.13. The lowest BCUT2D eigenvalue weighted by molar-refractivity contribution is 0.312. The molecule has 0 aromatic carbocycles. The van der Waals surface area contributed by atoms with Crippen LogP contribution in [0.1, 0.15) is 30.7 Å². The highest BCUT2D eigenvalue weighted by Crippen LogP contribution is 2.09. The van der Waals surface area contributed by atoms with Crippen LogP contribution in [0, 0.1) is 6.92 Å². The Morgan fingerprint density at radius 3 is 2.71 bits per heavy atom. The van der Waals surface area contributed by atoms with E-state index in [1.54, 1.807) is 0 Å². The summed E-state index contributed by atoms with van der Waals surface area (Å²) in [6.45, 7) is 7.37. The third-order valence-electron chi connectivity index (χ3n) is 3.52. The van der Waals surface area contributed by atoms with Gasteiger partial charge in [-0.3, -0.25) is 0 Å². The second-order valence-corrected chi connectivity index (χ2v) is 4.79. The van der Waals surface area contributed by atoms with Crippen LogP contribution >= 0.6 is 0 Å². The molecule has 0 spiro atoms. The molecule has 2 rings (SSSR count). The van der Waals surface area contributed by atoms with E-state index in [1.807, 2.05) is 4.68 Å². The van der Waals surface area contributed by atoms with Crippen molar-refractivity contribution in [3.8, 4) is 0 Å². The molecular formula is C12H23N5. The molecule has 0 radical (unpaired) electrons. The van der Waals surface area contributed by atoms with Gasteiger partial charge in [0.05, 0.1) is 17.9 Å². The molecule has 1 aromatic rings. The number of likely N-dealkylation sites (tertiary alicyclic amines) is 1. The zero-order valence-electron chi connectivity index (χ0n) is 10.7. The lowest BCUT2D eigenvalue weighted by Gasteiger charge is -2.14.